The SMILES string of the molecule is CC1(C(F)(F)F)c2ccccc2-c2ccccc21. The Hall–Kier alpha value is -1.77. The fourth-order valence-electron chi connectivity index (χ4n) is 2.76. The van der Waals surface area contributed by atoms with Crippen molar-refractivity contribution in [2.75, 3.05) is 0 Å². The average molecular weight is 248 g/mol. The summed E-state index contributed by atoms with van der Waals surface area (Å²) in [6.45, 7) is 1.26. The van der Waals surface area contributed by atoms with Crippen molar-refractivity contribution in [3.63, 3.8) is 0 Å². The lowest BCUT2D eigenvalue weighted by Crippen LogP contribution is -2.38. The van der Waals surface area contributed by atoms with Gasteiger partial charge in [-0.15, -0.1) is 0 Å². The zero-order valence-electron chi connectivity index (χ0n) is 9.75. The minimum Gasteiger partial charge on any atom is -0.170 e. The summed E-state index contributed by atoms with van der Waals surface area (Å²) in [7, 11) is 0. The van der Waals surface area contributed by atoms with E-state index in [0.717, 1.165) is 0 Å². The van der Waals surface area contributed by atoms with Gasteiger partial charge in [0.05, 0.1) is 0 Å². The highest BCUT2D eigenvalue weighted by Gasteiger charge is 2.57. The third kappa shape index (κ3) is 1.22. The molecule has 2 aromatic rings. The molecule has 0 aliphatic heterocycles. The van der Waals surface area contributed by atoms with Gasteiger partial charge in [0.15, 0.2) is 0 Å². The van der Waals surface area contributed by atoms with Crippen molar-refractivity contribution in [2.24, 2.45) is 0 Å². The smallest absolute Gasteiger partial charge is 0.170 e. The minimum absolute atomic E-state index is 0.346. The Labute approximate surface area is 103 Å². The van der Waals surface area contributed by atoms with Gasteiger partial charge in [-0.2, -0.15) is 13.2 Å². The van der Waals surface area contributed by atoms with E-state index in [0.29, 0.717) is 22.3 Å². The van der Waals surface area contributed by atoms with Crippen LogP contribution in [-0.2, 0) is 5.41 Å². The Bertz CT molecular complexity index is 566. The van der Waals surface area contributed by atoms with E-state index in [1.54, 1.807) is 48.5 Å². The zero-order valence-corrected chi connectivity index (χ0v) is 9.75. The van der Waals surface area contributed by atoms with Gasteiger partial charge in [0, 0.05) is 0 Å². The molecule has 0 unspecified atom stereocenters. The largest absolute Gasteiger partial charge is 0.402 e. The van der Waals surface area contributed by atoms with Crippen molar-refractivity contribution in [3.05, 3.63) is 59.7 Å². The Morgan fingerprint density at radius 2 is 1.17 bits per heavy atom. The van der Waals surface area contributed by atoms with Crippen LogP contribution in [0.2, 0.25) is 0 Å². The molecule has 0 bridgehead atoms. The highest BCUT2D eigenvalue weighted by molar-refractivity contribution is 5.81. The summed E-state index contributed by atoms with van der Waals surface area (Å²) in [5.41, 5.74) is 0.165. The van der Waals surface area contributed by atoms with Gasteiger partial charge in [0.2, 0.25) is 0 Å². The van der Waals surface area contributed by atoms with Crippen molar-refractivity contribution < 1.29 is 13.2 Å². The Morgan fingerprint density at radius 1 is 0.778 bits per heavy atom. The highest BCUT2D eigenvalue weighted by Crippen LogP contribution is 2.55. The topological polar surface area (TPSA) is 0 Å². The molecule has 0 atom stereocenters. The first-order valence-corrected chi connectivity index (χ1v) is 5.72. The van der Waals surface area contributed by atoms with E-state index >= 15 is 0 Å². The number of halogens is 3. The second-order valence-electron chi connectivity index (χ2n) is 4.71. The normalized spacial score (nSPS) is 16.2. The molecule has 3 rings (SSSR count). The number of benzene rings is 2. The first kappa shape index (κ1) is 11.3. The number of hydrogen-bond acceptors (Lipinski definition) is 0. The van der Waals surface area contributed by atoms with Crippen LogP contribution in [0.4, 0.5) is 13.2 Å². The summed E-state index contributed by atoms with van der Waals surface area (Å²) in [5.74, 6) is 0. The molecule has 1 aliphatic carbocycles. The third-order valence-corrected chi connectivity index (χ3v) is 3.79. The van der Waals surface area contributed by atoms with Gasteiger partial charge in [-0.05, 0) is 29.2 Å². The minimum atomic E-state index is -4.30. The van der Waals surface area contributed by atoms with E-state index in [4.69, 9.17) is 0 Å². The highest BCUT2D eigenvalue weighted by atomic mass is 19.4. The fourth-order valence-corrected chi connectivity index (χ4v) is 2.76. The second kappa shape index (κ2) is 3.37. The lowest BCUT2D eigenvalue weighted by atomic mass is 9.79. The zero-order chi connectivity index (χ0) is 13.0. The molecular formula is C15H11F3. The second-order valence-corrected chi connectivity index (χ2v) is 4.71. The van der Waals surface area contributed by atoms with Crippen LogP contribution in [0.25, 0.3) is 11.1 Å². The molecule has 0 N–H and O–H groups in total. The predicted molar refractivity (Wildman–Crippen MR) is 64.4 cm³/mol. The van der Waals surface area contributed by atoms with Gasteiger partial charge in [0.25, 0.3) is 0 Å². The molecule has 0 radical (unpaired) electrons. The van der Waals surface area contributed by atoms with Crippen molar-refractivity contribution in [1.82, 2.24) is 0 Å². The van der Waals surface area contributed by atoms with Gasteiger partial charge in [-0.1, -0.05) is 48.5 Å². The Morgan fingerprint density at radius 3 is 1.56 bits per heavy atom. The van der Waals surface area contributed by atoms with Crippen molar-refractivity contribution >= 4 is 0 Å². The molecular weight excluding hydrogens is 237 g/mol. The maximum absolute atomic E-state index is 13.5. The standard InChI is InChI=1S/C15H11F3/c1-14(15(16,17)18)12-8-4-2-6-10(12)11-7-3-5-9-13(11)14/h2-9H,1H3. The molecule has 3 heteroatoms. The first-order chi connectivity index (χ1) is 8.46. The Kier molecular flexibility index (Phi) is 2.12. The number of hydrogen-bond donors (Lipinski definition) is 0. The van der Waals surface area contributed by atoms with Crippen molar-refractivity contribution in [2.45, 2.75) is 18.5 Å². The first-order valence-electron chi connectivity index (χ1n) is 5.72. The van der Waals surface area contributed by atoms with Crippen LogP contribution >= 0.6 is 0 Å². The monoisotopic (exact) mass is 248 g/mol. The summed E-state index contributed by atoms with van der Waals surface area (Å²) < 4.78 is 40.5. The summed E-state index contributed by atoms with van der Waals surface area (Å²) in [6, 6.07) is 13.5. The molecule has 0 heterocycles. The molecule has 1 aliphatic rings. The van der Waals surface area contributed by atoms with Crippen LogP contribution < -0.4 is 0 Å². The molecule has 0 amide bonds. The molecule has 18 heavy (non-hydrogen) atoms. The maximum atomic E-state index is 13.5. The molecule has 0 saturated heterocycles. The molecule has 0 saturated carbocycles. The van der Waals surface area contributed by atoms with E-state index < -0.39 is 11.6 Å². The number of rotatable bonds is 0. The van der Waals surface area contributed by atoms with Crippen LogP contribution in [0, 0.1) is 0 Å². The predicted octanol–water partition coefficient (Wildman–Crippen LogP) is 4.54. The summed E-state index contributed by atoms with van der Waals surface area (Å²) in [4.78, 5) is 0. The van der Waals surface area contributed by atoms with E-state index in [1.807, 2.05) is 0 Å². The van der Waals surface area contributed by atoms with Gasteiger partial charge in [-0.25, -0.2) is 0 Å². The molecule has 0 nitrogen and oxygen atoms in total. The fraction of sp³-hybridized carbons (Fsp3) is 0.200. The quantitative estimate of drug-likeness (QED) is 0.642. The van der Waals surface area contributed by atoms with Crippen molar-refractivity contribution in [3.8, 4) is 11.1 Å². The van der Waals surface area contributed by atoms with E-state index in [1.165, 1.54) is 6.92 Å². The maximum Gasteiger partial charge on any atom is 0.402 e. The lowest BCUT2D eigenvalue weighted by Gasteiger charge is -2.29. The average Bonchev–Trinajstić information content (AvgIpc) is 2.62. The number of fused-ring (bicyclic) bond motifs is 3. The Balaban J connectivity index is 2.41. The van der Waals surface area contributed by atoms with Gasteiger partial charge >= 0.3 is 6.18 Å². The summed E-state index contributed by atoms with van der Waals surface area (Å²) in [5, 5.41) is 0. The molecule has 2 aromatic carbocycles. The van der Waals surface area contributed by atoms with E-state index in [9.17, 15) is 13.2 Å². The molecule has 0 spiro atoms. The van der Waals surface area contributed by atoms with Crippen LogP contribution in [0.15, 0.2) is 48.5 Å². The van der Waals surface area contributed by atoms with Gasteiger partial charge < -0.3 is 0 Å². The van der Waals surface area contributed by atoms with E-state index in [-0.39, 0.29) is 0 Å². The molecule has 92 valence electrons. The van der Waals surface area contributed by atoms with E-state index in [2.05, 4.69) is 0 Å². The van der Waals surface area contributed by atoms with Crippen molar-refractivity contribution in [1.29, 1.82) is 0 Å². The third-order valence-electron chi connectivity index (χ3n) is 3.79. The van der Waals surface area contributed by atoms with Gasteiger partial charge in [-0.3, -0.25) is 0 Å². The number of alkyl halides is 3. The van der Waals surface area contributed by atoms with Gasteiger partial charge in [0.1, 0.15) is 5.41 Å². The molecule has 0 aromatic heterocycles. The summed E-state index contributed by atoms with van der Waals surface area (Å²) >= 11 is 0. The van der Waals surface area contributed by atoms with Crippen LogP contribution in [0.3, 0.4) is 0 Å². The van der Waals surface area contributed by atoms with Crippen LogP contribution in [0.5, 0.6) is 0 Å². The van der Waals surface area contributed by atoms with Crippen LogP contribution in [0.1, 0.15) is 18.1 Å². The molecule has 0 fully saturated rings. The van der Waals surface area contributed by atoms with Crippen LogP contribution in [-0.4, -0.2) is 6.18 Å². The summed E-state index contributed by atoms with van der Waals surface area (Å²) in [6.07, 6.45) is -4.30. The lowest BCUT2D eigenvalue weighted by molar-refractivity contribution is -0.172.